The van der Waals surface area contributed by atoms with E-state index in [0.29, 0.717) is 18.1 Å². The summed E-state index contributed by atoms with van der Waals surface area (Å²) in [5.41, 5.74) is 1.86. The normalized spacial score (nSPS) is 10.4. The third kappa shape index (κ3) is 4.32. The van der Waals surface area contributed by atoms with Crippen molar-refractivity contribution in [1.82, 2.24) is 0 Å². The van der Waals surface area contributed by atoms with Crippen LogP contribution in [0.3, 0.4) is 0 Å². The lowest BCUT2D eigenvalue weighted by Crippen LogP contribution is -2.08. The van der Waals surface area contributed by atoms with Crippen molar-refractivity contribution in [2.45, 2.75) is 39.5 Å². The van der Waals surface area contributed by atoms with Crippen LogP contribution in [0.1, 0.15) is 55.5 Å². The fraction of sp³-hybridized carbons (Fsp3) is 0.467. The maximum atomic E-state index is 11.8. The second-order valence-corrected chi connectivity index (χ2v) is 4.50. The van der Waals surface area contributed by atoms with Gasteiger partial charge in [0.15, 0.2) is 5.78 Å². The zero-order valence-corrected chi connectivity index (χ0v) is 11.2. The van der Waals surface area contributed by atoms with Crippen LogP contribution in [0, 0.1) is 0 Å². The Morgan fingerprint density at radius 1 is 1.11 bits per heavy atom. The zero-order valence-electron chi connectivity index (χ0n) is 11.2. The summed E-state index contributed by atoms with van der Waals surface area (Å²) in [6, 6.07) is 7.57. The molecule has 0 unspecified atom stereocenters. The first kappa shape index (κ1) is 14.4. The first-order chi connectivity index (χ1) is 8.54. The molecule has 0 aromatic heterocycles. The molecule has 98 valence electrons. The first-order valence-corrected chi connectivity index (χ1v) is 6.33. The molecule has 0 aliphatic rings. The van der Waals surface area contributed by atoms with Crippen LogP contribution in [0.2, 0.25) is 0 Å². The van der Waals surface area contributed by atoms with Crippen LogP contribution in [-0.2, 0) is 9.53 Å². The second-order valence-electron chi connectivity index (χ2n) is 4.50. The number of esters is 1. The number of carbonyl (C=O) groups excluding carboxylic acids is 2. The van der Waals surface area contributed by atoms with Gasteiger partial charge in [0.25, 0.3) is 0 Å². The van der Waals surface area contributed by atoms with E-state index < -0.39 is 0 Å². The molecule has 0 atom stereocenters. The molecule has 3 heteroatoms. The zero-order chi connectivity index (χ0) is 13.5. The van der Waals surface area contributed by atoms with Crippen LogP contribution in [0.25, 0.3) is 0 Å². The lowest BCUT2D eigenvalue weighted by molar-refractivity contribution is -0.143. The third-order valence-electron chi connectivity index (χ3n) is 2.76. The molecule has 0 fully saturated rings. The minimum absolute atomic E-state index is 0.0154. The van der Waals surface area contributed by atoms with Crippen LogP contribution in [-0.4, -0.2) is 18.4 Å². The monoisotopic (exact) mass is 248 g/mol. The summed E-state index contributed by atoms with van der Waals surface area (Å²) in [6.45, 7) is 6.33. The van der Waals surface area contributed by atoms with E-state index in [2.05, 4.69) is 13.8 Å². The largest absolute Gasteiger partial charge is 0.466 e. The van der Waals surface area contributed by atoms with E-state index in [1.54, 1.807) is 6.92 Å². The molecule has 0 radical (unpaired) electrons. The average Bonchev–Trinajstić information content (AvgIpc) is 2.36. The van der Waals surface area contributed by atoms with E-state index >= 15 is 0 Å². The molecular formula is C15H20O3. The Morgan fingerprint density at radius 2 is 1.72 bits per heavy atom. The smallest absolute Gasteiger partial charge is 0.306 e. The average molecular weight is 248 g/mol. The first-order valence-electron chi connectivity index (χ1n) is 6.33. The molecular weight excluding hydrogens is 228 g/mol. The van der Waals surface area contributed by atoms with Gasteiger partial charge in [-0.3, -0.25) is 9.59 Å². The molecule has 0 N–H and O–H groups in total. The number of rotatable bonds is 6. The summed E-state index contributed by atoms with van der Waals surface area (Å²) >= 11 is 0. The van der Waals surface area contributed by atoms with Gasteiger partial charge in [-0.1, -0.05) is 38.1 Å². The summed E-state index contributed by atoms with van der Waals surface area (Å²) in [4.78, 5) is 23.0. The Labute approximate surface area is 108 Å². The number of ketones is 1. The molecule has 0 heterocycles. The van der Waals surface area contributed by atoms with Gasteiger partial charge in [0, 0.05) is 12.0 Å². The Kier molecular flexibility index (Phi) is 5.56. The molecule has 3 nitrogen and oxygen atoms in total. The third-order valence-corrected chi connectivity index (χ3v) is 2.76. The number of hydrogen-bond acceptors (Lipinski definition) is 3. The molecule has 1 aromatic carbocycles. The van der Waals surface area contributed by atoms with Crippen molar-refractivity contribution in [3.05, 3.63) is 35.4 Å². The summed E-state index contributed by atoms with van der Waals surface area (Å²) in [6.07, 6.45) is 0.360. The van der Waals surface area contributed by atoms with Crippen molar-refractivity contribution in [3.8, 4) is 0 Å². The van der Waals surface area contributed by atoms with Crippen molar-refractivity contribution in [1.29, 1.82) is 0 Å². The van der Waals surface area contributed by atoms with Crippen molar-refractivity contribution in [2.24, 2.45) is 0 Å². The van der Waals surface area contributed by atoms with Crippen LogP contribution in [0.15, 0.2) is 24.3 Å². The SMILES string of the molecule is CCOC(=O)CCC(=O)c1ccc(C(C)C)cc1. The summed E-state index contributed by atoms with van der Waals surface area (Å²) in [5, 5.41) is 0. The molecule has 0 aliphatic carbocycles. The van der Waals surface area contributed by atoms with Gasteiger partial charge in [-0.15, -0.1) is 0 Å². The fourth-order valence-corrected chi connectivity index (χ4v) is 1.65. The lowest BCUT2D eigenvalue weighted by atomic mass is 9.99. The van der Waals surface area contributed by atoms with Gasteiger partial charge in [0.1, 0.15) is 0 Å². The van der Waals surface area contributed by atoms with Gasteiger partial charge >= 0.3 is 5.97 Å². The van der Waals surface area contributed by atoms with Crippen molar-refractivity contribution < 1.29 is 14.3 Å². The number of Topliss-reactive ketones (excluding diaryl/α,β-unsaturated/α-hetero) is 1. The molecule has 1 rings (SSSR count). The van der Waals surface area contributed by atoms with E-state index in [9.17, 15) is 9.59 Å². The topological polar surface area (TPSA) is 43.4 Å². The van der Waals surface area contributed by atoms with Gasteiger partial charge in [0.05, 0.1) is 13.0 Å². The van der Waals surface area contributed by atoms with Crippen LogP contribution in [0.5, 0.6) is 0 Å². The van der Waals surface area contributed by atoms with Gasteiger partial charge < -0.3 is 4.74 Å². The van der Waals surface area contributed by atoms with Crippen molar-refractivity contribution in [3.63, 3.8) is 0 Å². The van der Waals surface area contributed by atoms with Crippen LogP contribution >= 0.6 is 0 Å². The highest BCUT2D eigenvalue weighted by atomic mass is 16.5. The van der Waals surface area contributed by atoms with Crippen LogP contribution in [0.4, 0.5) is 0 Å². The molecule has 0 aliphatic heterocycles. The van der Waals surface area contributed by atoms with E-state index in [1.807, 2.05) is 24.3 Å². The van der Waals surface area contributed by atoms with Gasteiger partial charge in [-0.05, 0) is 18.4 Å². The standard InChI is InChI=1S/C15H20O3/c1-4-18-15(17)10-9-14(16)13-7-5-12(6-8-13)11(2)3/h5-8,11H,4,9-10H2,1-3H3. The molecule has 1 aromatic rings. The Bertz CT molecular complexity index is 404. The van der Waals surface area contributed by atoms with E-state index in [4.69, 9.17) is 4.74 Å². The molecule has 0 amide bonds. The summed E-state index contributed by atoms with van der Waals surface area (Å²) in [7, 11) is 0. The van der Waals surface area contributed by atoms with Gasteiger partial charge in [-0.25, -0.2) is 0 Å². The summed E-state index contributed by atoms with van der Waals surface area (Å²) < 4.78 is 4.79. The Hall–Kier alpha value is -1.64. The van der Waals surface area contributed by atoms with E-state index in [-0.39, 0.29) is 24.6 Å². The van der Waals surface area contributed by atoms with Gasteiger partial charge in [0.2, 0.25) is 0 Å². The molecule has 0 spiro atoms. The predicted octanol–water partition coefficient (Wildman–Crippen LogP) is 3.34. The molecule has 0 bridgehead atoms. The van der Waals surface area contributed by atoms with E-state index in [0.717, 1.165) is 0 Å². The molecule has 0 saturated heterocycles. The number of ether oxygens (including phenoxy) is 1. The number of benzene rings is 1. The van der Waals surface area contributed by atoms with Crippen LogP contribution < -0.4 is 0 Å². The highest BCUT2D eigenvalue weighted by molar-refractivity contribution is 5.97. The minimum Gasteiger partial charge on any atom is -0.466 e. The maximum absolute atomic E-state index is 11.8. The predicted molar refractivity (Wildman–Crippen MR) is 70.7 cm³/mol. The minimum atomic E-state index is -0.315. The van der Waals surface area contributed by atoms with Crippen molar-refractivity contribution in [2.75, 3.05) is 6.61 Å². The lowest BCUT2D eigenvalue weighted by Gasteiger charge is -2.06. The fourth-order valence-electron chi connectivity index (χ4n) is 1.65. The highest BCUT2D eigenvalue weighted by Crippen LogP contribution is 2.15. The number of carbonyl (C=O) groups is 2. The van der Waals surface area contributed by atoms with E-state index in [1.165, 1.54) is 5.56 Å². The second kappa shape index (κ2) is 6.94. The van der Waals surface area contributed by atoms with Gasteiger partial charge in [-0.2, -0.15) is 0 Å². The Balaban J connectivity index is 2.54. The number of hydrogen-bond donors (Lipinski definition) is 0. The highest BCUT2D eigenvalue weighted by Gasteiger charge is 2.10. The van der Waals surface area contributed by atoms with Crippen molar-refractivity contribution >= 4 is 11.8 Å². The molecule has 0 saturated carbocycles. The maximum Gasteiger partial charge on any atom is 0.306 e. The quantitative estimate of drug-likeness (QED) is 0.573. The molecule has 18 heavy (non-hydrogen) atoms. The Morgan fingerprint density at radius 3 is 2.22 bits per heavy atom. The summed E-state index contributed by atoms with van der Waals surface area (Å²) in [5.74, 6) is 0.122.